The fourth-order valence-corrected chi connectivity index (χ4v) is 4.46. The second-order valence-corrected chi connectivity index (χ2v) is 9.62. The van der Waals surface area contributed by atoms with Gasteiger partial charge in [0.2, 0.25) is 15.9 Å². The standard InChI is InChI=1S/C25H27FN2O3S/c1-19-14-16-21(17-15-19)25(20-9-4-3-5-10-20)27-24(29)13-8-18-28(32(2,30)31)23-12-7-6-11-22(23)26/h3-7,9-12,14-17,25H,8,13,18H2,1-2H3,(H,27,29). The normalized spacial score (nSPS) is 12.2. The van der Waals surface area contributed by atoms with E-state index in [9.17, 15) is 17.6 Å². The number of carbonyl (C=O) groups excluding carboxylic acids is 1. The Kier molecular flexibility index (Phi) is 7.64. The molecule has 0 fully saturated rings. The fourth-order valence-electron chi connectivity index (χ4n) is 3.50. The predicted molar refractivity (Wildman–Crippen MR) is 125 cm³/mol. The lowest BCUT2D eigenvalue weighted by atomic mass is 9.97. The van der Waals surface area contributed by atoms with Gasteiger partial charge in [0.25, 0.3) is 0 Å². The summed E-state index contributed by atoms with van der Waals surface area (Å²) in [6.45, 7) is 2.01. The van der Waals surface area contributed by atoms with Crippen molar-refractivity contribution < 1.29 is 17.6 Å². The number of nitrogens with one attached hydrogen (secondary N) is 1. The van der Waals surface area contributed by atoms with E-state index in [0.29, 0.717) is 0 Å². The Morgan fingerprint density at radius 3 is 2.16 bits per heavy atom. The van der Waals surface area contributed by atoms with E-state index in [0.717, 1.165) is 27.3 Å². The Labute approximate surface area is 188 Å². The topological polar surface area (TPSA) is 66.5 Å². The van der Waals surface area contributed by atoms with E-state index in [1.54, 1.807) is 6.07 Å². The molecule has 32 heavy (non-hydrogen) atoms. The van der Waals surface area contributed by atoms with Gasteiger partial charge in [0.05, 0.1) is 18.0 Å². The number of anilines is 1. The van der Waals surface area contributed by atoms with Gasteiger partial charge >= 0.3 is 0 Å². The van der Waals surface area contributed by atoms with Crippen molar-refractivity contribution in [3.63, 3.8) is 0 Å². The van der Waals surface area contributed by atoms with E-state index < -0.39 is 15.8 Å². The molecule has 0 aliphatic rings. The summed E-state index contributed by atoms with van der Waals surface area (Å²) in [6, 6.07) is 23.0. The molecule has 0 bridgehead atoms. The number of aryl methyl sites for hydroxylation is 1. The monoisotopic (exact) mass is 454 g/mol. The Morgan fingerprint density at radius 2 is 1.53 bits per heavy atom. The molecule has 3 rings (SSSR count). The summed E-state index contributed by atoms with van der Waals surface area (Å²) in [7, 11) is -3.69. The molecule has 3 aromatic rings. The van der Waals surface area contributed by atoms with Crippen LogP contribution in [0, 0.1) is 12.7 Å². The lowest BCUT2D eigenvalue weighted by Gasteiger charge is -2.23. The molecule has 1 unspecified atom stereocenters. The molecule has 5 nitrogen and oxygen atoms in total. The van der Waals surface area contributed by atoms with Crippen molar-refractivity contribution in [2.75, 3.05) is 17.1 Å². The van der Waals surface area contributed by atoms with Crippen LogP contribution in [0.2, 0.25) is 0 Å². The van der Waals surface area contributed by atoms with Gasteiger partial charge in [-0.05, 0) is 36.6 Å². The van der Waals surface area contributed by atoms with Crippen LogP contribution in [-0.4, -0.2) is 27.1 Å². The second-order valence-electron chi connectivity index (χ2n) is 7.71. The molecule has 0 aliphatic heterocycles. The highest BCUT2D eigenvalue weighted by molar-refractivity contribution is 7.92. The first-order chi connectivity index (χ1) is 15.3. The SMILES string of the molecule is Cc1ccc(C(NC(=O)CCCN(c2ccccc2F)S(C)(=O)=O)c2ccccc2)cc1. The van der Waals surface area contributed by atoms with E-state index in [1.807, 2.05) is 61.5 Å². The van der Waals surface area contributed by atoms with Gasteiger partial charge in [0.15, 0.2) is 0 Å². The highest BCUT2D eigenvalue weighted by Crippen LogP contribution is 2.24. The Bertz CT molecular complexity index is 1150. The van der Waals surface area contributed by atoms with Crippen molar-refractivity contribution >= 4 is 21.6 Å². The number of rotatable bonds is 9. The van der Waals surface area contributed by atoms with E-state index in [4.69, 9.17) is 0 Å². The van der Waals surface area contributed by atoms with Gasteiger partial charge < -0.3 is 5.32 Å². The minimum Gasteiger partial charge on any atom is -0.345 e. The predicted octanol–water partition coefficient (Wildman–Crippen LogP) is 4.59. The molecule has 0 aliphatic carbocycles. The summed E-state index contributed by atoms with van der Waals surface area (Å²) in [4.78, 5) is 12.7. The molecule has 1 atom stereocenters. The van der Waals surface area contributed by atoms with E-state index in [1.165, 1.54) is 18.2 Å². The van der Waals surface area contributed by atoms with E-state index in [2.05, 4.69) is 5.32 Å². The summed E-state index contributed by atoms with van der Waals surface area (Å²) in [5.41, 5.74) is 3.02. The van der Waals surface area contributed by atoms with Crippen LogP contribution < -0.4 is 9.62 Å². The summed E-state index contributed by atoms with van der Waals surface area (Å²) in [6.07, 6.45) is 1.39. The first-order valence-corrected chi connectivity index (χ1v) is 12.2. The number of benzene rings is 3. The van der Waals surface area contributed by atoms with Crippen LogP contribution in [-0.2, 0) is 14.8 Å². The maximum Gasteiger partial charge on any atom is 0.232 e. The van der Waals surface area contributed by atoms with Crippen molar-refractivity contribution in [1.29, 1.82) is 0 Å². The van der Waals surface area contributed by atoms with Crippen molar-refractivity contribution in [2.24, 2.45) is 0 Å². The first-order valence-electron chi connectivity index (χ1n) is 10.4. The largest absolute Gasteiger partial charge is 0.345 e. The van der Waals surface area contributed by atoms with Crippen LogP contribution in [0.25, 0.3) is 0 Å². The summed E-state index contributed by atoms with van der Waals surface area (Å²) in [5.74, 6) is -0.827. The molecule has 1 N–H and O–H groups in total. The smallest absolute Gasteiger partial charge is 0.232 e. The maximum absolute atomic E-state index is 14.1. The minimum atomic E-state index is -3.69. The van der Waals surface area contributed by atoms with E-state index in [-0.39, 0.29) is 37.0 Å². The molecule has 0 saturated carbocycles. The maximum atomic E-state index is 14.1. The summed E-state index contributed by atoms with van der Waals surface area (Å²) in [5, 5.41) is 3.05. The van der Waals surface area contributed by atoms with Gasteiger partial charge in [0, 0.05) is 13.0 Å². The van der Waals surface area contributed by atoms with Crippen molar-refractivity contribution in [2.45, 2.75) is 25.8 Å². The minimum absolute atomic E-state index is 0.00766. The van der Waals surface area contributed by atoms with Gasteiger partial charge in [-0.25, -0.2) is 12.8 Å². The number of carbonyl (C=O) groups is 1. The molecule has 0 heterocycles. The van der Waals surface area contributed by atoms with Gasteiger partial charge in [-0.3, -0.25) is 9.10 Å². The van der Waals surface area contributed by atoms with Gasteiger partial charge in [-0.15, -0.1) is 0 Å². The molecular formula is C25H27FN2O3S. The quantitative estimate of drug-likeness (QED) is 0.514. The molecular weight excluding hydrogens is 427 g/mol. The molecule has 0 aromatic heterocycles. The molecule has 1 amide bonds. The third kappa shape index (κ3) is 6.17. The highest BCUT2D eigenvalue weighted by Gasteiger charge is 2.21. The number of sulfonamides is 1. The number of para-hydroxylation sites is 1. The number of hydrogen-bond acceptors (Lipinski definition) is 3. The lowest BCUT2D eigenvalue weighted by molar-refractivity contribution is -0.121. The average molecular weight is 455 g/mol. The van der Waals surface area contributed by atoms with E-state index >= 15 is 0 Å². The second kappa shape index (κ2) is 10.4. The molecule has 168 valence electrons. The zero-order valence-corrected chi connectivity index (χ0v) is 19.0. The molecule has 7 heteroatoms. The molecule has 0 radical (unpaired) electrons. The Morgan fingerprint density at radius 1 is 0.938 bits per heavy atom. The molecule has 0 spiro atoms. The van der Waals surface area contributed by atoms with Crippen LogP contribution in [0.15, 0.2) is 78.9 Å². The van der Waals surface area contributed by atoms with Crippen molar-refractivity contribution in [3.8, 4) is 0 Å². The van der Waals surface area contributed by atoms with Gasteiger partial charge in [-0.1, -0.05) is 72.3 Å². The van der Waals surface area contributed by atoms with Gasteiger partial charge in [0.1, 0.15) is 5.82 Å². The zero-order chi connectivity index (χ0) is 23.1. The molecule has 0 saturated heterocycles. The Balaban J connectivity index is 1.70. The van der Waals surface area contributed by atoms with Crippen LogP contribution >= 0.6 is 0 Å². The van der Waals surface area contributed by atoms with Crippen LogP contribution in [0.4, 0.5) is 10.1 Å². The number of hydrogen-bond donors (Lipinski definition) is 1. The fraction of sp³-hybridized carbons (Fsp3) is 0.240. The van der Waals surface area contributed by atoms with Gasteiger partial charge in [-0.2, -0.15) is 0 Å². The third-order valence-electron chi connectivity index (χ3n) is 5.14. The number of nitrogens with zero attached hydrogens (tertiary/aromatic N) is 1. The number of amides is 1. The summed E-state index contributed by atoms with van der Waals surface area (Å²) >= 11 is 0. The van der Waals surface area contributed by atoms with Crippen molar-refractivity contribution in [1.82, 2.24) is 5.32 Å². The average Bonchev–Trinajstić information content (AvgIpc) is 2.76. The van der Waals surface area contributed by atoms with Crippen molar-refractivity contribution in [3.05, 3.63) is 101 Å². The molecule has 3 aromatic carbocycles. The zero-order valence-electron chi connectivity index (χ0n) is 18.2. The number of halogens is 1. The lowest BCUT2D eigenvalue weighted by Crippen LogP contribution is -2.33. The summed E-state index contributed by atoms with van der Waals surface area (Å²) < 4.78 is 39.5. The first kappa shape index (κ1) is 23.5. The Hall–Kier alpha value is -3.19. The van der Waals surface area contributed by atoms with Crippen LogP contribution in [0.1, 0.15) is 35.6 Å². The van der Waals surface area contributed by atoms with Crippen LogP contribution in [0.3, 0.4) is 0 Å². The highest BCUT2D eigenvalue weighted by atomic mass is 32.2. The van der Waals surface area contributed by atoms with Crippen LogP contribution in [0.5, 0.6) is 0 Å². The third-order valence-corrected chi connectivity index (χ3v) is 6.32.